The van der Waals surface area contributed by atoms with Gasteiger partial charge in [0.1, 0.15) is 5.75 Å². The van der Waals surface area contributed by atoms with Gasteiger partial charge < -0.3 is 10.1 Å². The van der Waals surface area contributed by atoms with Crippen LogP contribution in [-0.4, -0.2) is 38.8 Å². The third-order valence-corrected chi connectivity index (χ3v) is 7.29. The van der Waals surface area contributed by atoms with Gasteiger partial charge in [0.25, 0.3) is 5.91 Å². The Balaban J connectivity index is 1.81. The number of carbonyl (C=O) groups is 1. The molecule has 1 saturated heterocycles. The monoisotopic (exact) mass is 430 g/mol. The average Bonchev–Trinajstić information content (AvgIpc) is 2.78. The summed E-state index contributed by atoms with van der Waals surface area (Å²) in [5, 5.41) is 2.85. The molecule has 0 saturated carbocycles. The standard InChI is InChI=1S/C23H30N2O4S/c1-3-4-8-18-9-11-19(12-10-18)24-23(26)21-17-20(13-14-22(21)29-2)30(27,28)25-15-6-5-7-16-25/h9-14,17H,3-8,15-16H2,1-2H3,(H,24,26). The maximum Gasteiger partial charge on any atom is 0.259 e. The van der Waals surface area contributed by atoms with Gasteiger partial charge in [-0.3, -0.25) is 4.79 Å². The van der Waals surface area contributed by atoms with Gasteiger partial charge in [0.2, 0.25) is 10.0 Å². The lowest BCUT2D eigenvalue weighted by atomic mass is 10.1. The Labute approximate surface area is 179 Å². The van der Waals surface area contributed by atoms with Gasteiger partial charge in [0.15, 0.2) is 0 Å². The van der Waals surface area contributed by atoms with E-state index in [0.717, 1.165) is 38.5 Å². The van der Waals surface area contributed by atoms with Crippen molar-refractivity contribution in [3.63, 3.8) is 0 Å². The summed E-state index contributed by atoms with van der Waals surface area (Å²) >= 11 is 0. The van der Waals surface area contributed by atoms with Crippen molar-refractivity contribution in [3.05, 3.63) is 53.6 Å². The lowest BCUT2D eigenvalue weighted by Crippen LogP contribution is -2.35. The van der Waals surface area contributed by atoms with E-state index in [-0.39, 0.29) is 10.5 Å². The molecule has 1 aliphatic rings. The molecule has 0 aromatic heterocycles. The lowest BCUT2D eigenvalue weighted by Gasteiger charge is -2.26. The van der Waals surface area contributed by atoms with Crippen LogP contribution >= 0.6 is 0 Å². The molecule has 1 N–H and O–H groups in total. The molecule has 2 aromatic rings. The first-order valence-electron chi connectivity index (χ1n) is 10.5. The van der Waals surface area contributed by atoms with E-state index < -0.39 is 15.9 Å². The number of anilines is 1. The minimum atomic E-state index is -3.63. The molecular formula is C23H30N2O4S. The summed E-state index contributed by atoms with van der Waals surface area (Å²) in [7, 11) is -2.17. The largest absolute Gasteiger partial charge is 0.496 e. The van der Waals surface area contributed by atoms with Crippen molar-refractivity contribution in [1.29, 1.82) is 0 Å². The second-order valence-electron chi connectivity index (χ2n) is 7.58. The molecule has 0 aliphatic carbocycles. The van der Waals surface area contributed by atoms with E-state index in [1.165, 1.54) is 29.1 Å². The van der Waals surface area contributed by atoms with E-state index in [9.17, 15) is 13.2 Å². The summed E-state index contributed by atoms with van der Waals surface area (Å²) in [6, 6.07) is 12.2. The van der Waals surface area contributed by atoms with Crippen LogP contribution in [0.3, 0.4) is 0 Å². The fourth-order valence-corrected chi connectivity index (χ4v) is 5.16. The Kier molecular flexibility index (Phi) is 7.50. The highest BCUT2D eigenvalue weighted by Gasteiger charge is 2.27. The highest BCUT2D eigenvalue weighted by atomic mass is 32.2. The summed E-state index contributed by atoms with van der Waals surface area (Å²) in [4.78, 5) is 13.0. The van der Waals surface area contributed by atoms with Crippen LogP contribution in [0.2, 0.25) is 0 Å². The SMILES string of the molecule is CCCCc1ccc(NC(=O)c2cc(S(=O)(=O)N3CCCCC3)ccc2OC)cc1. The Morgan fingerprint density at radius 1 is 1.07 bits per heavy atom. The van der Waals surface area contributed by atoms with Crippen molar-refractivity contribution in [3.8, 4) is 5.75 Å². The number of benzene rings is 2. The molecule has 3 rings (SSSR count). The second-order valence-corrected chi connectivity index (χ2v) is 9.52. The number of carbonyl (C=O) groups excluding carboxylic acids is 1. The van der Waals surface area contributed by atoms with E-state index in [1.807, 2.05) is 24.3 Å². The molecule has 1 fully saturated rings. The van der Waals surface area contributed by atoms with E-state index in [2.05, 4.69) is 12.2 Å². The number of unbranched alkanes of at least 4 members (excludes halogenated alkanes) is 1. The molecule has 30 heavy (non-hydrogen) atoms. The molecule has 0 spiro atoms. The van der Waals surface area contributed by atoms with Crippen LogP contribution < -0.4 is 10.1 Å². The number of nitrogens with one attached hydrogen (secondary N) is 1. The number of hydrogen-bond donors (Lipinski definition) is 1. The van der Waals surface area contributed by atoms with Gasteiger partial charge in [-0.25, -0.2) is 8.42 Å². The van der Waals surface area contributed by atoms with Crippen molar-refractivity contribution in [2.75, 3.05) is 25.5 Å². The lowest BCUT2D eigenvalue weighted by molar-refractivity contribution is 0.102. The summed E-state index contributed by atoms with van der Waals surface area (Å²) in [5.41, 5.74) is 2.08. The third kappa shape index (κ3) is 5.21. The number of amides is 1. The Morgan fingerprint density at radius 3 is 2.40 bits per heavy atom. The molecular weight excluding hydrogens is 400 g/mol. The Morgan fingerprint density at radius 2 is 1.77 bits per heavy atom. The predicted octanol–water partition coefficient (Wildman–Crippen LogP) is 4.46. The molecule has 1 aliphatic heterocycles. The van der Waals surface area contributed by atoms with Crippen molar-refractivity contribution in [2.45, 2.75) is 50.3 Å². The number of ether oxygens (including phenoxy) is 1. The van der Waals surface area contributed by atoms with E-state index in [1.54, 1.807) is 6.07 Å². The van der Waals surface area contributed by atoms with Gasteiger partial charge >= 0.3 is 0 Å². The van der Waals surface area contributed by atoms with Crippen LogP contribution in [0.5, 0.6) is 5.75 Å². The van der Waals surface area contributed by atoms with Crippen molar-refractivity contribution in [2.24, 2.45) is 0 Å². The fourth-order valence-electron chi connectivity index (χ4n) is 3.61. The summed E-state index contributed by atoms with van der Waals surface area (Å²) < 4.78 is 32.8. The van der Waals surface area contributed by atoms with Gasteiger partial charge in [-0.1, -0.05) is 31.9 Å². The van der Waals surface area contributed by atoms with Crippen LogP contribution in [0.15, 0.2) is 47.4 Å². The average molecular weight is 431 g/mol. The Bertz CT molecular complexity index is 965. The third-order valence-electron chi connectivity index (χ3n) is 5.40. The predicted molar refractivity (Wildman–Crippen MR) is 119 cm³/mol. The number of methoxy groups -OCH3 is 1. The minimum absolute atomic E-state index is 0.116. The topological polar surface area (TPSA) is 75.7 Å². The van der Waals surface area contributed by atoms with Crippen molar-refractivity contribution < 1.29 is 17.9 Å². The number of nitrogens with zero attached hydrogens (tertiary/aromatic N) is 1. The number of aryl methyl sites for hydroxylation is 1. The van der Waals surface area contributed by atoms with Gasteiger partial charge in [0, 0.05) is 18.8 Å². The van der Waals surface area contributed by atoms with Crippen LogP contribution in [-0.2, 0) is 16.4 Å². The van der Waals surface area contributed by atoms with Gasteiger partial charge in [-0.15, -0.1) is 0 Å². The zero-order valence-corrected chi connectivity index (χ0v) is 18.5. The molecule has 2 aromatic carbocycles. The fraction of sp³-hybridized carbons (Fsp3) is 0.435. The first kappa shape index (κ1) is 22.3. The van der Waals surface area contributed by atoms with Crippen LogP contribution in [0.1, 0.15) is 54.9 Å². The first-order valence-corrected chi connectivity index (χ1v) is 12.0. The Hall–Kier alpha value is -2.38. The molecule has 162 valence electrons. The van der Waals surface area contributed by atoms with Crippen LogP contribution in [0.25, 0.3) is 0 Å². The summed E-state index contributed by atoms with van der Waals surface area (Å²) in [6.07, 6.45) is 6.03. The molecule has 0 atom stereocenters. The quantitative estimate of drug-likeness (QED) is 0.671. The van der Waals surface area contributed by atoms with Gasteiger partial charge in [-0.2, -0.15) is 4.31 Å². The smallest absolute Gasteiger partial charge is 0.259 e. The molecule has 0 radical (unpaired) electrons. The van der Waals surface area contributed by atoms with E-state index >= 15 is 0 Å². The van der Waals surface area contributed by atoms with Gasteiger partial charge in [0.05, 0.1) is 17.6 Å². The highest BCUT2D eigenvalue weighted by molar-refractivity contribution is 7.89. The van der Waals surface area contributed by atoms with Crippen molar-refractivity contribution >= 4 is 21.6 Å². The number of piperidine rings is 1. The zero-order valence-electron chi connectivity index (χ0n) is 17.7. The van der Waals surface area contributed by atoms with Crippen molar-refractivity contribution in [1.82, 2.24) is 4.31 Å². The molecule has 7 heteroatoms. The first-order chi connectivity index (χ1) is 14.5. The van der Waals surface area contributed by atoms with E-state index in [0.29, 0.717) is 24.5 Å². The number of sulfonamides is 1. The van der Waals surface area contributed by atoms with E-state index in [4.69, 9.17) is 4.74 Å². The molecule has 1 amide bonds. The normalized spacial score (nSPS) is 15.0. The molecule has 0 unspecified atom stereocenters. The summed E-state index contributed by atoms with van der Waals surface area (Å²) in [5.74, 6) is -0.0616. The van der Waals surface area contributed by atoms with Crippen LogP contribution in [0, 0.1) is 0 Å². The highest BCUT2D eigenvalue weighted by Crippen LogP contribution is 2.27. The number of hydrogen-bond acceptors (Lipinski definition) is 4. The zero-order chi connectivity index (χ0) is 21.6. The maximum absolute atomic E-state index is 13.0. The molecule has 6 nitrogen and oxygen atoms in total. The molecule has 0 bridgehead atoms. The molecule has 1 heterocycles. The maximum atomic E-state index is 13.0. The summed E-state index contributed by atoms with van der Waals surface area (Å²) in [6.45, 7) is 3.18. The number of rotatable bonds is 8. The minimum Gasteiger partial charge on any atom is -0.496 e. The second kappa shape index (κ2) is 10.1. The van der Waals surface area contributed by atoms with Gasteiger partial charge in [-0.05, 0) is 61.6 Å². The van der Waals surface area contributed by atoms with Crippen LogP contribution in [0.4, 0.5) is 5.69 Å².